The minimum atomic E-state index is -0.940. The molecule has 0 saturated heterocycles. The first-order valence-electron chi connectivity index (χ1n) is 6.30. The molecule has 1 heterocycles. The van der Waals surface area contributed by atoms with Gasteiger partial charge in [-0.25, -0.2) is 9.48 Å². The zero-order valence-electron chi connectivity index (χ0n) is 11.0. The van der Waals surface area contributed by atoms with Crippen molar-refractivity contribution >= 4 is 28.8 Å². The van der Waals surface area contributed by atoms with Gasteiger partial charge in [-0.3, -0.25) is 0 Å². The van der Waals surface area contributed by atoms with Gasteiger partial charge < -0.3 is 5.11 Å². The number of carboxylic acid groups (broad SMARTS) is 1. The molecule has 1 atom stereocenters. The van der Waals surface area contributed by atoms with E-state index in [1.165, 1.54) is 0 Å². The lowest BCUT2D eigenvalue weighted by Gasteiger charge is -2.12. The Morgan fingerprint density at radius 2 is 2.32 bits per heavy atom. The van der Waals surface area contributed by atoms with Crippen molar-refractivity contribution in [2.75, 3.05) is 11.5 Å². The average Bonchev–Trinajstić information content (AvgIpc) is 2.82. The van der Waals surface area contributed by atoms with Gasteiger partial charge in [0.05, 0.1) is 11.6 Å². The third-order valence-electron chi connectivity index (χ3n) is 3.02. The maximum Gasteiger partial charge on any atom is 0.337 e. The molecule has 1 aromatic heterocycles. The molecule has 6 heteroatoms. The van der Waals surface area contributed by atoms with E-state index in [1.807, 2.05) is 18.7 Å². The van der Waals surface area contributed by atoms with Crippen LogP contribution in [0.1, 0.15) is 36.7 Å². The summed E-state index contributed by atoms with van der Waals surface area (Å²) in [6, 6.07) is 5.23. The first-order chi connectivity index (χ1) is 9.15. The molecule has 0 spiro atoms. The van der Waals surface area contributed by atoms with Crippen LogP contribution in [0.2, 0.25) is 0 Å². The van der Waals surface area contributed by atoms with Crippen LogP contribution in [0.4, 0.5) is 0 Å². The number of aromatic nitrogens is 3. The predicted octanol–water partition coefficient (Wildman–Crippen LogP) is 2.83. The molecule has 2 aromatic rings. The second-order valence-electron chi connectivity index (χ2n) is 4.35. The van der Waals surface area contributed by atoms with Crippen LogP contribution in [0, 0.1) is 0 Å². The van der Waals surface area contributed by atoms with Crippen LogP contribution in [-0.2, 0) is 0 Å². The molecule has 0 fully saturated rings. The Bertz CT molecular complexity index is 582. The van der Waals surface area contributed by atoms with Gasteiger partial charge in [0.1, 0.15) is 11.0 Å². The largest absolute Gasteiger partial charge is 0.478 e. The van der Waals surface area contributed by atoms with Gasteiger partial charge in [0.15, 0.2) is 0 Å². The second-order valence-corrected chi connectivity index (χ2v) is 5.74. The molecule has 5 nitrogen and oxygen atoms in total. The third-order valence-corrected chi connectivity index (χ3v) is 3.96. The van der Waals surface area contributed by atoms with Crippen molar-refractivity contribution in [1.82, 2.24) is 15.0 Å². The highest BCUT2D eigenvalue weighted by Crippen LogP contribution is 2.22. The highest BCUT2D eigenvalue weighted by atomic mass is 32.2. The number of rotatable bonds is 6. The third kappa shape index (κ3) is 2.89. The molecule has 1 unspecified atom stereocenters. The zero-order chi connectivity index (χ0) is 13.8. The van der Waals surface area contributed by atoms with Crippen molar-refractivity contribution in [1.29, 1.82) is 0 Å². The molecule has 1 N–H and O–H groups in total. The summed E-state index contributed by atoms with van der Waals surface area (Å²) in [6.07, 6.45) is 0.949. The molecule has 102 valence electrons. The van der Waals surface area contributed by atoms with Gasteiger partial charge >= 0.3 is 5.97 Å². The Labute approximate surface area is 116 Å². The number of aromatic carboxylic acids is 1. The van der Waals surface area contributed by atoms with E-state index in [9.17, 15) is 9.90 Å². The van der Waals surface area contributed by atoms with E-state index in [0.717, 1.165) is 17.9 Å². The molecule has 0 aliphatic heterocycles. The SMILES string of the molecule is CCSCCC(C)n1nnc2cccc(C(=O)O)c21. The lowest BCUT2D eigenvalue weighted by molar-refractivity contribution is 0.0698. The summed E-state index contributed by atoms with van der Waals surface area (Å²) in [4.78, 5) is 11.3. The maximum absolute atomic E-state index is 11.3. The number of nitrogens with zero attached hydrogens (tertiary/aromatic N) is 3. The number of benzene rings is 1. The Kier molecular flexibility index (Phi) is 4.42. The minimum Gasteiger partial charge on any atom is -0.478 e. The van der Waals surface area contributed by atoms with Crippen LogP contribution in [-0.4, -0.2) is 37.6 Å². The number of carboxylic acids is 1. The van der Waals surface area contributed by atoms with E-state index in [4.69, 9.17) is 0 Å². The smallest absolute Gasteiger partial charge is 0.337 e. The Morgan fingerprint density at radius 1 is 1.53 bits per heavy atom. The highest BCUT2D eigenvalue weighted by molar-refractivity contribution is 7.99. The molecule has 0 aliphatic rings. The van der Waals surface area contributed by atoms with Gasteiger partial charge in [-0.1, -0.05) is 18.2 Å². The summed E-state index contributed by atoms with van der Waals surface area (Å²) in [6.45, 7) is 4.17. The van der Waals surface area contributed by atoms with Gasteiger partial charge in [0.2, 0.25) is 0 Å². The van der Waals surface area contributed by atoms with E-state index < -0.39 is 5.97 Å². The highest BCUT2D eigenvalue weighted by Gasteiger charge is 2.17. The Hall–Kier alpha value is -1.56. The lowest BCUT2D eigenvalue weighted by atomic mass is 10.1. The molecule has 1 aromatic carbocycles. The summed E-state index contributed by atoms with van der Waals surface area (Å²) >= 11 is 1.87. The van der Waals surface area contributed by atoms with Gasteiger partial charge in [-0.05, 0) is 37.0 Å². The van der Waals surface area contributed by atoms with Crippen LogP contribution in [0.5, 0.6) is 0 Å². The van der Waals surface area contributed by atoms with E-state index in [2.05, 4.69) is 17.2 Å². The molecule has 0 radical (unpaired) electrons. The van der Waals surface area contributed by atoms with Crippen molar-refractivity contribution in [3.63, 3.8) is 0 Å². The zero-order valence-corrected chi connectivity index (χ0v) is 11.9. The number of hydrogen-bond donors (Lipinski definition) is 1. The van der Waals surface area contributed by atoms with Crippen LogP contribution < -0.4 is 0 Å². The summed E-state index contributed by atoms with van der Waals surface area (Å²) in [5.74, 6) is 1.18. The van der Waals surface area contributed by atoms with E-state index in [0.29, 0.717) is 11.0 Å². The fourth-order valence-corrected chi connectivity index (χ4v) is 2.79. The summed E-state index contributed by atoms with van der Waals surface area (Å²) in [5.41, 5.74) is 1.51. The average molecular weight is 279 g/mol. The molecular formula is C13H17N3O2S. The number of carbonyl (C=O) groups is 1. The quantitative estimate of drug-likeness (QED) is 0.823. The second kappa shape index (κ2) is 6.06. The lowest BCUT2D eigenvalue weighted by Crippen LogP contribution is -2.10. The number of thioether (sulfide) groups is 1. The number of para-hydroxylation sites is 1. The molecular weight excluding hydrogens is 262 g/mol. The van der Waals surface area contributed by atoms with Crippen molar-refractivity contribution in [2.24, 2.45) is 0 Å². The normalized spacial score (nSPS) is 12.7. The van der Waals surface area contributed by atoms with Gasteiger partial charge in [0, 0.05) is 0 Å². The fraction of sp³-hybridized carbons (Fsp3) is 0.462. The summed E-state index contributed by atoms with van der Waals surface area (Å²) in [7, 11) is 0. The molecule has 0 aliphatic carbocycles. The minimum absolute atomic E-state index is 0.143. The molecule has 0 bridgehead atoms. The van der Waals surface area contributed by atoms with Gasteiger partial charge in [-0.15, -0.1) is 5.10 Å². The molecule has 2 rings (SSSR count). The van der Waals surface area contributed by atoms with E-state index >= 15 is 0 Å². The first kappa shape index (κ1) is 13.9. The Morgan fingerprint density at radius 3 is 3.00 bits per heavy atom. The van der Waals surface area contributed by atoms with Crippen LogP contribution in [0.3, 0.4) is 0 Å². The summed E-state index contributed by atoms with van der Waals surface area (Å²) in [5, 5.41) is 17.4. The van der Waals surface area contributed by atoms with Crippen molar-refractivity contribution in [2.45, 2.75) is 26.3 Å². The monoisotopic (exact) mass is 279 g/mol. The predicted molar refractivity (Wildman–Crippen MR) is 76.8 cm³/mol. The van der Waals surface area contributed by atoms with Crippen molar-refractivity contribution in [3.05, 3.63) is 23.8 Å². The summed E-state index contributed by atoms with van der Waals surface area (Å²) < 4.78 is 1.73. The van der Waals surface area contributed by atoms with Crippen molar-refractivity contribution in [3.8, 4) is 0 Å². The molecule has 0 saturated carbocycles. The first-order valence-corrected chi connectivity index (χ1v) is 7.45. The topological polar surface area (TPSA) is 68.0 Å². The number of hydrogen-bond acceptors (Lipinski definition) is 4. The van der Waals surface area contributed by atoms with Crippen LogP contribution >= 0.6 is 11.8 Å². The Balaban J connectivity index is 2.35. The van der Waals surface area contributed by atoms with E-state index in [-0.39, 0.29) is 11.6 Å². The number of fused-ring (bicyclic) bond motifs is 1. The van der Waals surface area contributed by atoms with Crippen molar-refractivity contribution < 1.29 is 9.90 Å². The fourth-order valence-electron chi connectivity index (χ4n) is 2.00. The van der Waals surface area contributed by atoms with Gasteiger partial charge in [-0.2, -0.15) is 11.8 Å². The van der Waals surface area contributed by atoms with Crippen LogP contribution in [0.25, 0.3) is 11.0 Å². The maximum atomic E-state index is 11.3. The van der Waals surface area contributed by atoms with Gasteiger partial charge in [0.25, 0.3) is 0 Å². The van der Waals surface area contributed by atoms with E-state index in [1.54, 1.807) is 22.9 Å². The standard InChI is InChI=1S/C13H17N3O2S/c1-3-19-8-7-9(2)16-12-10(13(17)18)5-4-6-11(12)14-15-16/h4-6,9H,3,7-8H2,1-2H3,(H,17,18). The molecule has 19 heavy (non-hydrogen) atoms. The molecule has 0 amide bonds. The van der Waals surface area contributed by atoms with Crippen LogP contribution in [0.15, 0.2) is 18.2 Å².